The van der Waals surface area contributed by atoms with Gasteiger partial charge in [-0.2, -0.15) is 0 Å². The number of benzene rings is 2. The van der Waals surface area contributed by atoms with E-state index < -0.39 is 42.1 Å². The van der Waals surface area contributed by atoms with Crippen LogP contribution in [0.2, 0.25) is 0 Å². The van der Waals surface area contributed by atoms with Crippen LogP contribution in [0.4, 0.5) is 13.6 Å². The van der Waals surface area contributed by atoms with Crippen molar-refractivity contribution >= 4 is 18.0 Å². The van der Waals surface area contributed by atoms with E-state index in [4.69, 9.17) is 9.47 Å². The average Bonchev–Trinajstić information content (AvgIpc) is 2.81. The topological polar surface area (TPSA) is 106 Å². The number of rotatable bonds is 10. The Labute approximate surface area is 209 Å². The Morgan fingerprint density at radius 1 is 0.917 bits per heavy atom. The quantitative estimate of drug-likeness (QED) is 0.423. The van der Waals surface area contributed by atoms with Gasteiger partial charge in [0.05, 0.1) is 19.7 Å². The summed E-state index contributed by atoms with van der Waals surface area (Å²) in [6, 6.07) is 12.2. The molecule has 10 heteroatoms. The lowest BCUT2D eigenvalue weighted by Crippen LogP contribution is -2.55. The van der Waals surface area contributed by atoms with Gasteiger partial charge in [0, 0.05) is 12.1 Å². The molecule has 0 heterocycles. The Hall–Kier alpha value is -3.53. The van der Waals surface area contributed by atoms with Crippen molar-refractivity contribution in [3.8, 4) is 11.1 Å². The number of ether oxygens (including phenoxy) is 2. The molecular weight excluding hydrogens is 472 g/mol. The van der Waals surface area contributed by atoms with Crippen molar-refractivity contribution in [1.29, 1.82) is 0 Å². The van der Waals surface area contributed by atoms with Crippen molar-refractivity contribution in [2.45, 2.75) is 58.3 Å². The van der Waals surface area contributed by atoms with Gasteiger partial charge in [-0.1, -0.05) is 36.4 Å². The SMILES string of the molecule is COC(=O)[C@@H](NC(=O)c1ccc(-c2ccc(CNCC(F)F)cc2)cc1)[C@@H](C)NC(=O)OC(C)(C)C. The zero-order chi connectivity index (χ0) is 26.9. The van der Waals surface area contributed by atoms with Crippen LogP contribution in [0.5, 0.6) is 0 Å². The monoisotopic (exact) mass is 505 g/mol. The molecule has 0 aliphatic heterocycles. The molecule has 0 radical (unpaired) electrons. The molecule has 3 N–H and O–H groups in total. The summed E-state index contributed by atoms with van der Waals surface area (Å²) >= 11 is 0. The van der Waals surface area contributed by atoms with Crippen LogP contribution in [-0.2, 0) is 20.8 Å². The molecule has 2 aromatic rings. The zero-order valence-corrected chi connectivity index (χ0v) is 21.1. The highest BCUT2D eigenvalue weighted by molar-refractivity contribution is 5.97. The molecule has 0 aliphatic carbocycles. The van der Waals surface area contributed by atoms with Crippen LogP contribution in [0.25, 0.3) is 11.1 Å². The number of alkyl halides is 2. The van der Waals surface area contributed by atoms with E-state index in [0.29, 0.717) is 12.1 Å². The van der Waals surface area contributed by atoms with Crippen LogP contribution in [0.3, 0.4) is 0 Å². The number of halogens is 2. The van der Waals surface area contributed by atoms with Crippen molar-refractivity contribution in [1.82, 2.24) is 16.0 Å². The van der Waals surface area contributed by atoms with Crippen LogP contribution in [0, 0.1) is 0 Å². The molecule has 0 spiro atoms. The van der Waals surface area contributed by atoms with Gasteiger partial charge in [-0.3, -0.25) is 4.79 Å². The molecule has 0 bridgehead atoms. The molecule has 0 unspecified atom stereocenters. The van der Waals surface area contributed by atoms with Crippen molar-refractivity contribution < 1.29 is 32.6 Å². The molecule has 2 amide bonds. The number of alkyl carbamates (subject to hydrolysis) is 1. The van der Waals surface area contributed by atoms with Crippen LogP contribution < -0.4 is 16.0 Å². The van der Waals surface area contributed by atoms with E-state index in [9.17, 15) is 23.2 Å². The summed E-state index contributed by atoms with van der Waals surface area (Å²) in [6.45, 7) is 6.67. The minimum Gasteiger partial charge on any atom is -0.467 e. The minimum atomic E-state index is -2.40. The maximum Gasteiger partial charge on any atom is 0.407 e. The number of hydrogen-bond donors (Lipinski definition) is 3. The first kappa shape index (κ1) is 28.7. The summed E-state index contributed by atoms with van der Waals surface area (Å²) in [6.07, 6.45) is -3.12. The minimum absolute atomic E-state index is 0.310. The van der Waals surface area contributed by atoms with E-state index >= 15 is 0 Å². The Bertz CT molecular complexity index is 1020. The molecule has 0 aromatic heterocycles. The Kier molecular flexibility index (Phi) is 10.3. The van der Waals surface area contributed by atoms with Gasteiger partial charge in [0.25, 0.3) is 12.3 Å². The van der Waals surface area contributed by atoms with Crippen LogP contribution in [-0.4, -0.2) is 55.7 Å². The molecule has 36 heavy (non-hydrogen) atoms. The van der Waals surface area contributed by atoms with Crippen LogP contribution in [0.1, 0.15) is 43.6 Å². The fourth-order valence-electron chi connectivity index (χ4n) is 3.27. The maximum atomic E-state index is 12.8. The number of hydrogen-bond acceptors (Lipinski definition) is 6. The molecule has 196 valence electrons. The highest BCUT2D eigenvalue weighted by atomic mass is 19.3. The van der Waals surface area contributed by atoms with E-state index in [-0.39, 0.29) is 6.54 Å². The highest BCUT2D eigenvalue weighted by Gasteiger charge is 2.30. The first-order valence-corrected chi connectivity index (χ1v) is 11.5. The van der Waals surface area contributed by atoms with Gasteiger partial charge in [-0.25, -0.2) is 18.4 Å². The van der Waals surface area contributed by atoms with Gasteiger partial charge in [0.15, 0.2) is 0 Å². The second-order valence-corrected chi connectivity index (χ2v) is 9.21. The second kappa shape index (κ2) is 13.0. The van der Waals surface area contributed by atoms with Crippen molar-refractivity contribution in [3.05, 3.63) is 59.7 Å². The van der Waals surface area contributed by atoms with Crippen LogP contribution in [0.15, 0.2) is 48.5 Å². The smallest absolute Gasteiger partial charge is 0.407 e. The maximum absolute atomic E-state index is 12.8. The normalized spacial score (nSPS) is 13.0. The third kappa shape index (κ3) is 9.26. The fourth-order valence-corrected chi connectivity index (χ4v) is 3.27. The van der Waals surface area contributed by atoms with E-state index in [1.165, 1.54) is 7.11 Å². The molecular formula is C26H33F2N3O5. The van der Waals surface area contributed by atoms with Gasteiger partial charge < -0.3 is 25.4 Å². The predicted octanol–water partition coefficient (Wildman–Crippen LogP) is 3.89. The van der Waals surface area contributed by atoms with Gasteiger partial charge in [-0.05, 0) is 56.5 Å². The Balaban J connectivity index is 2.04. The lowest BCUT2D eigenvalue weighted by Gasteiger charge is -2.26. The van der Waals surface area contributed by atoms with Crippen molar-refractivity contribution in [2.75, 3.05) is 13.7 Å². The van der Waals surface area contributed by atoms with E-state index in [1.807, 2.05) is 24.3 Å². The van der Waals surface area contributed by atoms with E-state index in [0.717, 1.165) is 16.7 Å². The van der Waals surface area contributed by atoms with Gasteiger partial charge in [-0.15, -0.1) is 0 Å². The number of amides is 2. The van der Waals surface area contributed by atoms with Crippen molar-refractivity contribution in [2.24, 2.45) is 0 Å². The third-order valence-electron chi connectivity index (χ3n) is 5.05. The van der Waals surface area contributed by atoms with Gasteiger partial charge in [0.1, 0.15) is 11.6 Å². The molecule has 0 aliphatic rings. The number of carbonyl (C=O) groups excluding carboxylic acids is 3. The summed E-state index contributed by atoms with van der Waals surface area (Å²) in [5.41, 5.74) is 2.20. The lowest BCUT2D eigenvalue weighted by atomic mass is 10.0. The van der Waals surface area contributed by atoms with E-state index in [1.54, 1.807) is 52.0 Å². The number of nitrogens with one attached hydrogen (secondary N) is 3. The molecule has 0 fully saturated rings. The fraction of sp³-hybridized carbons (Fsp3) is 0.423. The zero-order valence-electron chi connectivity index (χ0n) is 21.1. The number of esters is 1. The predicted molar refractivity (Wildman–Crippen MR) is 132 cm³/mol. The van der Waals surface area contributed by atoms with Crippen LogP contribution >= 0.6 is 0 Å². The van der Waals surface area contributed by atoms with E-state index in [2.05, 4.69) is 16.0 Å². The van der Waals surface area contributed by atoms with Gasteiger partial charge >= 0.3 is 12.1 Å². The summed E-state index contributed by atoms with van der Waals surface area (Å²) in [7, 11) is 1.19. The summed E-state index contributed by atoms with van der Waals surface area (Å²) in [5, 5.41) is 7.82. The van der Waals surface area contributed by atoms with Crippen molar-refractivity contribution in [3.63, 3.8) is 0 Å². The molecule has 8 nitrogen and oxygen atoms in total. The molecule has 0 saturated heterocycles. The third-order valence-corrected chi connectivity index (χ3v) is 5.05. The summed E-state index contributed by atoms with van der Waals surface area (Å²) < 4.78 is 34.5. The molecule has 2 atom stereocenters. The Morgan fingerprint density at radius 2 is 1.47 bits per heavy atom. The molecule has 2 rings (SSSR count). The second-order valence-electron chi connectivity index (χ2n) is 9.21. The Morgan fingerprint density at radius 3 is 1.97 bits per heavy atom. The largest absolute Gasteiger partial charge is 0.467 e. The standard InChI is InChI=1S/C26H33F2N3O5/c1-16(30-25(34)36-26(2,3)4)22(24(33)35-5)31-23(32)20-12-10-19(11-13-20)18-8-6-17(7-9-18)14-29-15-21(27)28/h6-13,16,21-22,29H,14-15H2,1-5H3,(H,30,34)(H,31,32)/t16-,22+/m1/s1. The lowest BCUT2D eigenvalue weighted by molar-refractivity contribution is -0.143. The summed E-state index contributed by atoms with van der Waals surface area (Å²) in [4.78, 5) is 37.2. The number of methoxy groups -OCH3 is 1. The molecule has 0 saturated carbocycles. The summed E-state index contributed by atoms with van der Waals surface area (Å²) in [5.74, 6) is -1.23. The van der Waals surface area contributed by atoms with Gasteiger partial charge in [0.2, 0.25) is 0 Å². The molecule has 2 aromatic carbocycles. The highest BCUT2D eigenvalue weighted by Crippen LogP contribution is 2.21. The first-order valence-electron chi connectivity index (χ1n) is 11.5. The average molecular weight is 506 g/mol. The number of carbonyl (C=O) groups is 3. The first-order chi connectivity index (χ1) is 16.9.